The minimum Gasteiger partial charge on any atom is -0.459 e. The molecule has 0 spiro atoms. The second-order valence-corrected chi connectivity index (χ2v) is 9.17. The zero-order valence-corrected chi connectivity index (χ0v) is 19.7. The average Bonchev–Trinajstić information content (AvgIpc) is 3.16. The average molecular weight is 491 g/mol. The summed E-state index contributed by atoms with van der Waals surface area (Å²) in [6.07, 6.45) is -2.58. The number of amides is 1. The van der Waals surface area contributed by atoms with Crippen LogP contribution in [0.4, 0.5) is 18.4 Å². The first-order valence-corrected chi connectivity index (χ1v) is 10.9. The summed E-state index contributed by atoms with van der Waals surface area (Å²) in [7, 11) is 0. The molecule has 0 aliphatic carbocycles. The van der Waals surface area contributed by atoms with Gasteiger partial charge in [-0.2, -0.15) is 0 Å². The van der Waals surface area contributed by atoms with E-state index in [1.807, 2.05) is 6.07 Å². The molecule has 2 aromatic carbocycles. The maximum atomic E-state index is 15.6. The van der Waals surface area contributed by atoms with Crippen molar-refractivity contribution in [2.75, 3.05) is 13.2 Å². The lowest BCUT2D eigenvalue weighted by atomic mass is 10.0. The van der Waals surface area contributed by atoms with Gasteiger partial charge in [0, 0.05) is 6.42 Å². The summed E-state index contributed by atoms with van der Waals surface area (Å²) in [5.41, 5.74) is -2.41. The summed E-state index contributed by atoms with van der Waals surface area (Å²) < 4.78 is 49.0. The van der Waals surface area contributed by atoms with E-state index in [1.54, 1.807) is 45.0 Å². The van der Waals surface area contributed by atoms with Crippen molar-refractivity contribution in [2.45, 2.75) is 51.1 Å². The van der Waals surface area contributed by atoms with Crippen LogP contribution in [0.1, 0.15) is 32.8 Å². The number of nitrogens with zero attached hydrogens (tertiary/aromatic N) is 1. The van der Waals surface area contributed by atoms with Crippen molar-refractivity contribution in [3.05, 3.63) is 66.0 Å². The Morgan fingerprint density at radius 1 is 1.03 bits per heavy atom. The van der Waals surface area contributed by atoms with Crippen LogP contribution in [0, 0.1) is 5.82 Å². The molecule has 0 aromatic heterocycles. The van der Waals surface area contributed by atoms with E-state index in [0.717, 1.165) is 22.6 Å². The van der Waals surface area contributed by atoms with E-state index in [1.165, 1.54) is 12.1 Å². The van der Waals surface area contributed by atoms with E-state index in [2.05, 4.69) is 0 Å². The van der Waals surface area contributed by atoms with Gasteiger partial charge in [0.1, 0.15) is 36.4 Å². The Labute approximate surface area is 201 Å². The van der Waals surface area contributed by atoms with Crippen molar-refractivity contribution in [2.24, 2.45) is 0 Å². The number of alkyl halides is 1. The predicted molar refractivity (Wildman–Crippen MR) is 120 cm³/mol. The first kappa shape index (κ1) is 25.9. The highest BCUT2D eigenvalue weighted by Crippen LogP contribution is 2.33. The lowest BCUT2D eigenvalue weighted by Crippen LogP contribution is -2.44. The summed E-state index contributed by atoms with van der Waals surface area (Å²) in [5.74, 6) is -1.33. The molecule has 1 heterocycles. The fourth-order valence-corrected chi connectivity index (χ4v) is 3.41. The van der Waals surface area contributed by atoms with Crippen LogP contribution in [0.15, 0.2) is 54.6 Å². The number of likely N-dealkylation sites (tertiary alicyclic amines) is 1. The molecule has 0 saturated carbocycles. The van der Waals surface area contributed by atoms with Crippen molar-refractivity contribution >= 4 is 18.2 Å². The van der Waals surface area contributed by atoms with E-state index >= 15 is 4.39 Å². The zero-order valence-electron chi connectivity index (χ0n) is 19.7. The van der Waals surface area contributed by atoms with Gasteiger partial charge < -0.3 is 18.9 Å². The molecule has 35 heavy (non-hydrogen) atoms. The lowest BCUT2D eigenvalue weighted by Gasteiger charge is -2.27. The molecule has 188 valence electrons. The first-order valence-electron chi connectivity index (χ1n) is 10.9. The van der Waals surface area contributed by atoms with E-state index in [-0.39, 0.29) is 12.4 Å². The van der Waals surface area contributed by atoms with Crippen LogP contribution in [-0.2, 0) is 25.6 Å². The molecule has 0 unspecified atom stereocenters. The van der Waals surface area contributed by atoms with Gasteiger partial charge in [0.2, 0.25) is 0 Å². The standard InChI is InChI=1S/C25H27F2NO7/c1-24(2,3)35-22(30)28-15-25(27,16-33-23(31)34-19-11-9-18(26)10-12-19)13-20(28)21(29)32-14-17-7-5-4-6-8-17/h4-12,20H,13-16H2,1-3H3/t20-,25+/m0/s1. The Balaban J connectivity index is 1.66. The number of carbonyl (C=O) groups excluding carboxylic acids is 3. The third-order valence-corrected chi connectivity index (χ3v) is 4.98. The fraction of sp³-hybridized carbons (Fsp3) is 0.400. The Bertz CT molecular complexity index is 1040. The van der Waals surface area contributed by atoms with Crippen LogP contribution in [-0.4, -0.2) is 53.6 Å². The van der Waals surface area contributed by atoms with Crippen molar-refractivity contribution in [3.8, 4) is 5.75 Å². The third kappa shape index (κ3) is 7.66. The van der Waals surface area contributed by atoms with Crippen molar-refractivity contribution < 1.29 is 42.1 Å². The minimum absolute atomic E-state index is 0.00785. The van der Waals surface area contributed by atoms with Gasteiger partial charge >= 0.3 is 18.2 Å². The Hall–Kier alpha value is -3.69. The number of esters is 1. The molecule has 1 aliphatic rings. The molecule has 1 amide bonds. The van der Waals surface area contributed by atoms with Gasteiger partial charge in [-0.05, 0) is 50.6 Å². The minimum atomic E-state index is -2.25. The molecule has 0 radical (unpaired) electrons. The molecule has 0 N–H and O–H groups in total. The number of carbonyl (C=O) groups is 3. The Kier molecular flexibility index (Phi) is 7.93. The largest absolute Gasteiger partial charge is 0.513 e. The molecule has 3 rings (SSSR count). The van der Waals surface area contributed by atoms with Crippen LogP contribution in [0.5, 0.6) is 5.75 Å². The highest BCUT2D eigenvalue weighted by atomic mass is 19.1. The topological polar surface area (TPSA) is 91.4 Å². The van der Waals surface area contributed by atoms with Crippen LogP contribution in [0.2, 0.25) is 0 Å². The molecule has 1 saturated heterocycles. The molecule has 0 bridgehead atoms. The lowest BCUT2D eigenvalue weighted by molar-refractivity contribution is -0.150. The maximum Gasteiger partial charge on any atom is 0.513 e. The monoisotopic (exact) mass is 491 g/mol. The molecule has 1 fully saturated rings. The number of benzene rings is 2. The highest BCUT2D eigenvalue weighted by Gasteiger charge is 2.52. The second-order valence-electron chi connectivity index (χ2n) is 9.17. The van der Waals surface area contributed by atoms with Gasteiger partial charge in [-0.25, -0.2) is 23.2 Å². The molecule has 2 atom stereocenters. The maximum absolute atomic E-state index is 15.6. The summed E-state index contributed by atoms with van der Waals surface area (Å²) in [6.45, 7) is 3.52. The zero-order chi connectivity index (χ0) is 25.6. The molecular weight excluding hydrogens is 464 g/mol. The van der Waals surface area contributed by atoms with Crippen molar-refractivity contribution in [1.29, 1.82) is 0 Å². The van der Waals surface area contributed by atoms with Crippen LogP contribution < -0.4 is 4.74 Å². The number of halogens is 2. The summed E-state index contributed by atoms with van der Waals surface area (Å²) in [4.78, 5) is 38.4. The quantitative estimate of drug-likeness (QED) is 0.326. The SMILES string of the molecule is CC(C)(C)OC(=O)N1C[C@@](F)(COC(=O)Oc2ccc(F)cc2)C[C@H]1C(=O)OCc1ccccc1. The first-order chi connectivity index (χ1) is 16.4. The van der Waals surface area contributed by atoms with Gasteiger partial charge in [-0.15, -0.1) is 0 Å². The molecular formula is C25H27F2NO7. The number of hydrogen-bond donors (Lipinski definition) is 0. The molecule has 10 heteroatoms. The van der Waals surface area contributed by atoms with E-state index in [4.69, 9.17) is 18.9 Å². The van der Waals surface area contributed by atoms with E-state index in [0.29, 0.717) is 0 Å². The third-order valence-electron chi connectivity index (χ3n) is 4.98. The Morgan fingerprint density at radius 2 is 1.69 bits per heavy atom. The fourth-order valence-electron chi connectivity index (χ4n) is 3.41. The van der Waals surface area contributed by atoms with Gasteiger partial charge in [-0.3, -0.25) is 4.90 Å². The smallest absolute Gasteiger partial charge is 0.459 e. The van der Waals surface area contributed by atoms with Crippen LogP contribution in [0.3, 0.4) is 0 Å². The summed E-state index contributed by atoms with van der Waals surface area (Å²) in [6, 6.07) is 12.2. The summed E-state index contributed by atoms with van der Waals surface area (Å²) in [5, 5.41) is 0. The van der Waals surface area contributed by atoms with Gasteiger partial charge in [0.05, 0.1) is 6.54 Å². The van der Waals surface area contributed by atoms with Gasteiger partial charge in [0.15, 0.2) is 5.67 Å². The van der Waals surface area contributed by atoms with E-state index < -0.39 is 60.9 Å². The number of hydrogen-bond acceptors (Lipinski definition) is 7. The normalized spacial score (nSPS) is 19.7. The second kappa shape index (κ2) is 10.7. The molecule has 8 nitrogen and oxygen atoms in total. The summed E-state index contributed by atoms with van der Waals surface area (Å²) >= 11 is 0. The molecule has 1 aliphatic heterocycles. The van der Waals surface area contributed by atoms with Gasteiger partial charge in [-0.1, -0.05) is 30.3 Å². The molecule has 2 aromatic rings. The number of ether oxygens (including phenoxy) is 4. The van der Waals surface area contributed by atoms with Crippen molar-refractivity contribution in [1.82, 2.24) is 4.90 Å². The van der Waals surface area contributed by atoms with Crippen LogP contribution >= 0.6 is 0 Å². The van der Waals surface area contributed by atoms with Gasteiger partial charge in [0.25, 0.3) is 0 Å². The van der Waals surface area contributed by atoms with Crippen molar-refractivity contribution in [3.63, 3.8) is 0 Å². The predicted octanol–water partition coefficient (Wildman–Crippen LogP) is 4.80. The van der Waals surface area contributed by atoms with E-state index in [9.17, 15) is 18.8 Å². The number of rotatable bonds is 6. The van der Waals surface area contributed by atoms with Crippen LogP contribution in [0.25, 0.3) is 0 Å². The highest BCUT2D eigenvalue weighted by molar-refractivity contribution is 5.82. The Morgan fingerprint density at radius 3 is 2.31 bits per heavy atom.